The number of nitrogens with zero attached hydrogens (tertiary/aromatic N) is 4. The molecule has 7 heteroatoms. The first-order valence-electron chi connectivity index (χ1n) is 8.52. The number of tetrazole rings is 1. The highest BCUT2D eigenvalue weighted by molar-refractivity contribution is 5.78. The standard InChI is InChI=1S/C17H20FN5O/c18-15-9-13(11-1-2-11)3-4-14(15)10-19-17(24)12-5-6-16-20-21-22-23(16)8-7-12/h3-4,9,11-12H,1-2,5-8,10H2,(H,19,24). The number of amides is 1. The van der Waals surface area contributed by atoms with E-state index in [0.717, 1.165) is 30.7 Å². The number of aryl methyl sites for hydroxylation is 2. The highest BCUT2D eigenvalue weighted by Gasteiger charge is 2.25. The van der Waals surface area contributed by atoms with Crippen molar-refractivity contribution in [3.8, 4) is 0 Å². The van der Waals surface area contributed by atoms with Crippen LogP contribution in [0.1, 0.15) is 48.6 Å². The van der Waals surface area contributed by atoms with E-state index in [9.17, 15) is 9.18 Å². The largest absolute Gasteiger partial charge is 0.352 e. The number of nitrogens with one attached hydrogen (secondary N) is 1. The maximum Gasteiger partial charge on any atom is 0.223 e. The highest BCUT2D eigenvalue weighted by Crippen LogP contribution is 2.40. The number of carbonyl (C=O) groups excluding carboxylic acids is 1. The Labute approximate surface area is 139 Å². The fourth-order valence-corrected chi connectivity index (χ4v) is 3.27. The first-order chi connectivity index (χ1) is 11.7. The molecule has 126 valence electrons. The Kier molecular flexibility index (Phi) is 4.00. The Morgan fingerprint density at radius 1 is 1.29 bits per heavy atom. The average Bonchev–Trinajstić information content (AvgIpc) is 3.37. The van der Waals surface area contributed by atoms with Crippen molar-refractivity contribution in [1.29, 1.82) is 0 Å². The monoisotopic (exact) mass is 329 g/mol. The molecule has 2 aromatic rings. The van der Waals surface area contributed by atoms with Gasteiger partial charge in [-0.15, -0.1) is 5.10 Å². The van der Waals surface area contributed by atoms with Crippen molar-refractivity contribution in [1.82, 2.24) is 25.5 Å². The van der Waals surface area contributed by atoms with Crippen LogP contribution in [-0.2, 0) is 24.3 Å². The van der Waals surface area contributed by atoms with Gasteiger partial charge in [-0.3, -0.25) is 4.79 Å². The molecular weight excluding hydrogens is 309 g/mol. The number of benzene rings is 1. The van der Waals surface area contributed by atoms with Gasteiger partial charge in [0, 0.05) is 31.0 Å². The molecule has 1 N–H and O–H groups in total. The van der Waals surface area contributed by atoms with Crippen LogP contribution in [0.15, 0.2) is 18.2 Å². The zero-order chi connectivity index (χ0) is 16.5. The van der Waals surface area contributed by atoms with Crippen LogP contribution in [-0.4, -0.2) is 26.1 Å². The summed E-state index contributed by atoms with van der Waals surface area (Å²) in [5.41, 5.74) is 1.61. The SMILES string of the molecule is O=C(NCc1ccc(C2CC2)cc1F)C1CCc2nnnn2CC1. The molecular formula is C17H20FN5O. The first kappa shape index (κ1) is 15.2. The van der Waals surface area contributed by atoms with Gasteiger partial charge < -0.3 is 5.32 Å². The minimum atomic E-state index is -0.226. The molecule has 0 radical (unpaired) electrons. The van der Waals surface area contributed by atoms with Gasteiger partial charge >= 0.3 is 0 Å². The van der Waals surface area contributed by atoms with E-state index in [1.807, 2.05) is 6.07 Å². The molecule has 1 aromatic heterocycles. The first-order valence-corrected chi connectivity index (χ1v) is 8.52. The molecule has 1 atom stereocenters. The summed E-state index contributed by atoms with van der Waals surface area (Å²) in [6.45, 7) is 0.876. The number of carbonyl (C=O) groups is 1. The van der Waals surface area contributed by atoms with Crippen LogP contribution in [0.25, 0.3) is 0 Å². The van der Waals surface area contributed by atoms with E-state index in [2.05, 4.69) is 20.8 Å². The van der Waals surface area contributed by atoms with Gasteiger partial charge in [0.1, 0.15) is 5.82 Å². The predicted molar refractivity (Wildman–Crippen MR) is 84.5 cm³/mol. The van der Waals surface area contributed by atoms with E-state index in [0.29, 0.717) is 30.9 Å². The zero-order valence-corrected chi connectivity index (χ0v) is 13.4. The van der Waals surface area contributed by atoms with E-state index in [1.54, 1.807) is 16.8 Å². The predicted octanol–water partition coefficient (Wildman–Crippen LogP) is 1.96. The summed E-state index contributed by atoms with van der Waals surface area (Å²) in [5, 5.41) is 14.4. The van der Waals surface area contributed by atoms with Gasteiger partial charge in [-0.25, -0.2) is 9.07 Å². The lowest BCUT2D eigenvalue weighted by atomic mass is 9.99. The second-order valence-corrected chi connectivity index (χ2v) is 6.69. The summed E-state index contributed by atoms with van der Waals surface area (Å²) < 4.78 is 15.9. The van der Waals surface area contributed by atoms with Crippen molar-refractivity contribution in [2.45, 2.75) is 51.1 Å². The number of fused-ring (bicyclic) bond motifs is 1. The summed E-state index contributed by atoms with van der Waals surface area (Å²) in [7, 11) is 0. The number of aromatic nitrogens is 4. The van der Waals surface area contributed by atoms with E-state index in [1.165, 1.54) is 0 Å². The topological polar surface area (TPSA) is 72.7 Å². The Balaban J connectivity index is 1.34. The second-order valence-electron chi connectivity index (χ2n) is 6.69. The minimum Gasteiger partial charge on any atom is -0.352 e. The number of hydrogen-bond acceptors (Lipinski definition) is 4. The third kappa shape index (κ3) is 3.16. The van der Waals surface area contributed by atoms with Crippen molar-refractivity contribution in [3.05, 3.63) is 41.0 Å². The summed E-state index contributed by atoms with van der Waals surface area (Å²) in [6, 6.07) is 5.38. The van der Waals surface area contributed by atoms with Crippen molar-refractivity contribution < 1.29 is 9.18 Å². The molecule has 4 rings (SSSR count). The van der Waals surface area contributed by atoms with Crippen LogP contribution in [0.3, 0.4) is 0 Å². The maximum atomic E-state index is 14.2. The van der Waals surface area contributed by atoms with E-state index >= 15 is 0 Å². The van der Waals surface area contributed by atoms with E-state index < -0.39 is 0 Å². The van der Waals surface area contributed by atoms with Crippen LogP contribution in [0.5, 0.6) is 0 Å². The average molecular weight is 329 g/mol. The normalized spacial score (nSPS) is 20.3. The summed E-state index contributed by atoms with van der Waals surface area (Å²) in [4.78, 5) is 12.4. The van der Waals surface area contributed by atoms with Crippen molar-refractivity contribution in [2.75, 3.05) is 0 Å². The fraction of sp³-hybridized carbons (Fsp3) is 0.529. The van der Waals surface area contributed by atoms with E-state index in [-0.39, 0.29) is 24.2 Å². The van der Waals surface area contributed by atoms with Gasteiger partial charge in [-0.1, -0.05) is 12.1 Å². The molecule has 0 bridgehead atoms. The molecule has 2 heterocycles. The third-order valence-corrected chi connectivity index (χ3v) is 4.96. The van der Waals surface area contributed by atoms with Gasteiger partial charge in [-0.05, 0) is 53.7 Å². The van der Waals surface area contributed by atoms with Crippen molar-refractivity contribution in [2.24, 2.45) is 5.92 Å². The molecule has 0 saturated heterocycles. The van der Waals surface area contributed by atoms with Crippen LogP contribution in [0, 0.1) is 11.7 Å². The van der Waals surface area contributed by atoms with Crippen LogP contribution >= 0.6 is 0 Å². The van der Waals surface area contributed by atoms with Crippen LogP contribution < -0.4 is 5.32 Å². The molecule has 1 aliphatic carbocycles. The lowest BCUT2D eigenvalue weighted by Gasteiger charge is -2.14. The molecule has 1 saturated carbocycles. The van der Waals surface area contributed by atoms with E-state index in [4.69, 9.17) is 0 Å². The van der Waals surface area contributed by atoms with Gasteiger partial charge in [0.15, 0.2) is 5.82 Å². The molecule has 1 aliphatic heterocycles. The number of rotatable bonds is 4. The number of halogens is 1. The summed E-state index contributed by atoms with van der Waals surface area (Å²) in [6.07, 6.45) is 4.41. The molecule has 1 unspecified atom stereocenters. The summed E-state index contributed by atoms with van der Waals surface area (Å²) >= 11 is 0. The Morgan fingerprint density at radius 3 is 2.96 bits per heavy atom. The lowest BCUT2D eigenvalue weighted by Crippen LogP contribution is -2.31. The maximum absolute atomic E-state index is 14.2. The van der Waals surface area contributed by atoms with Crippen LogP contribution in [0.2, 0.25) is 0 Å². The quantitative estimate of drug-likeness (QED) is 0.931. The van der Waals surface area contributed by atoms with Gasteiger partial charge in [0.05, 0.1) is 0 Å². The highest BCUT2D eigenvalue weighted by atomic mass is 19.1. The smallest absolute Gasteiger partial charge is 0.223 e. The van der Waals surface area contributed by atoms with Crippen molar-refractivity contribution in [3.63, 3.8) is 0 Å². The second kappa shape index (κ2) is 6.30. The molecule has 24 heavy (non-hydrogen) atoms. The van der Waals surface area contributed by atoms with Gasteiger partial charge in [0.25, 0.3) is 0 Å². The number of hydrogen-bond donors (Lipinski definition) is 1. The molecule has 1 aromatic carbocycles. The Bertz CT molecular complexity index is 733. The van der Waals surface area contributed by atoms with Gasteiger partial charge in [0.2, 0.25) is 5.91 Å². The Morgan fingerprint density at radius 2 is 2.17 bits per heavy atom. The molecule has 6 nitrogen and oxygen atoms in total. The van der Waals surface area contributed by atoms with Gasteiger partial charge in [-0.2, -0.15) is 0 Å². The lowest BCUT2D eigenvalue weighted by molar-refractivity contribution is -0.125. The molecule has 0 spiro atoms. The third-order valence-electron chi connectivity index (χ3n) is 4.96. The zero-order valence-electron chi connectivity index (χ0n) is 13.4. The summed E-state index contributed by atoms with van der Waals surface area (Å²) in [5.74, 6) is 1.01. The Hall–Kier alpha value is -2.31. The minimum absolute atomic E-state index is 0.0284. The van der Waals surface area contributed by atoms with Crippen LogP contribution in [0.4, 0.5) is 4.39 Å². The fourth-order valence-electron chi connectivity index (χ4n) is 3.27. The van der Waals surface area contributed by atoms with Crippen molar-refractivity contribution >= 4 is 5.91 Å². The molecule has 2 aliphatic rings. The molecule has 1 fully saturated rings. The molecule has 1 amide bonds.